The highest BCUT2D eigenvalue weighted by Gasteiger charge is 2.35. The Hall–Kier alpha value is -3.29. The van der Waals surface area contributed by atoms with Gasteiger partial charge in [0, 0.05) is 29.9 Å². The molecule has 0 N–H and O–H groups in total. The molecule has 1 atom stereocenters. The molecule has 0 spiro atoms. The molecule has 33 heavy (non-hydrogen) atoms. The van der Waals surface area contributed by atoms with E-state index in [0.29, 0.717) is 25.5 Å². The molecule has 170 valence electrons. The lowest BCUT2D eigenvalue weighted by atomic mass is 10.0. The normalized spacial score (nSPS) is 19.4. The maximum Gasteiger partial charge on any atom is 0.247 e. The predicted octanol–water partition coefficient (Wildman–Crippen LogP) is 4.45. The molecule has 0 saturated carbocycles. The van der Waals surface area contributed by atoms with E-state index in [2.05, 4.69) is 0 Å². The third-order valence-corrected chi connectivity index (χ3v) is 6.08. The van der Waals surface area contributed by atoms with Crippen LogP contribution in [0, 0.1) is 5.82 Å². The van der Waals surface area contributed by atoms with Crippen LogP contribution in [0.3, 0.4) is 0 Å². The number of likely N-dealkylation sites (tertiary alicyclic amines) is 1. The standard InChI is InChI=1S/C26H26FN3O3/c27-21-12-9-19(10-13-21)25-20(18-30(28-25)22-6-2-1-3-7-22)11-14-24(31)29-15-5-4-8-23(29)26-32-16-17-33-26/h1-3,6-7,9-14,18,23,26H,4-5,8,15-17H2/b14-11+. The van der Waals surface area contributed by atoms with Gasteiger partial charge in [-0.15, -0.1) is 0 Å². The number of rotatable bonds is 5. The second-order valence-corrected chi connectivity index (χ2v) is 8.26. The summed E-state index contributed by atoms with van der Waals surface area (Å²) in [7, 11) is 0. The van der Waals surface area contributed by atoms with E-state index < -0.39 is 0 Å². The number of amides is 1. The number of carbonyl (C=O) groups excluding carboxylic acids is 1. The first-order chi connectivity index (χ1) is 16.2. The van der Waals surface area contributed by atoms with Crippen LogP contribution in [0.1, 0.15) is 24.8 Å². The fourth-order valence-electron chi connectivity index (χ4n) is 4.42. The Morgan fingerprint density at radius 2 is 1.79 bits per heavy atom. The minimum atomic E-state index is -0.349. The lowest BCUT2D eigenvalue weighted by Gasteiger charge is -2.37. The first kappa shape index (κ1) is 21.6. The number of piperidine rings is 1. The summed E-state index contributed by atoms with van der Waals surface area (Å²) in [6, 6.07) is 15.9. The molecular weight excluding hydrogens is 421 g/mol. The Labute approximate surface area is 192 Å². The molecule has 1 aromatic heterocycles. The van der Waals surface area contributed by atoms with Gasteiger partial charge in [-0.25, -0.2) is 9.07 Å². The van der Waals surface area contributed by atoms with E-state index in [4.69, 9.17) is 14.6 Å². The van der Waals surface area contributed by atoms with Gasteiger partial charge in [0.25, 0.3) is 0 Å². The quantitative estimate of drug-likeness (QED) is 0.543. The summed E-state index contributed by atoms with van der Waals surface area (Å²) in [5.41, 5.74) is 3.14. The van der Waals surface area contributed by atoms with Crippen molar-refractivity contribution in [2.24, 2.45) is 0 Å². The highest BCUT2D eigenvalue weighted by atomic mass is 19.1. The molecule has 2 aliphatic rings. The van der Waals surface area contributed by atoms with E-state index in [1.165, 1.54) is 12.1 Å². The lowest BCUT2D eigenvalue weighted by molar-refractivity contribution is -0.145. The van der Waals surface area contributed by atoms with Crippen LogP contribution in [-0.4, -0.2) is 52.7 Å². The van der Waals surface area contributed by atoms with Gasteiger partial charge in [-0.1, -0.05) is 18.2 Å². The molecule has 1 amide bonds. The van der Waals surface area contributed by atoms with E-state index >= 15 is 0 Å². The van der Waals surface area contributed by atoms with Crippen molar-refractivity contribution in [3.05, 3.63) is 78.3 Å². The van der Waals surface area contributed by atoms with Gasteiger partial charge in [0.2, 0.25) is 5.91 Å². The third kappa shape index (κ3) is 4.74. The predicted molar refractivity (Wildman–Crippen MR) is 123 cm³/mol. The minimum absolute atomic E-state index is 0.0676. The Morgan fingerprint density at radius 3 is 2.55 bits per heavy atom. The lowest BCUT2D eigenvalue weighted by Crippen LogP contribution is -2.49. The van der Waals surface area contributed by atoms with Gasteiger partial charge in [-0.05, 0) is 61.7 Å². The average Bonchev–Trinajstić information content (AvgIpc) is 3.54. The monoisotopic (exact) mass is 447 g/mol. The summed E-state index contributed by atoms with van der Waals surface area (Å²) < 4.78 is 26.6. The van der Waals surface area contributed by atoms with Gasteiger partial charge in [-0.3, -0.25) is 4.79 Å². The molecule has 0 bridgehead atoms. The maximum atomic E-state index is 13.5. The summed E-state index contributed by atoms with van der Waals surface area (Å²) >= 11 is 0. The van der Waals surface area contributed by atoms with Crippen molar-refractivity contribution >= 4 is 12.0 Å². The van der Waals surface area contributed by atoms with Crippen LogP contribution in [0.15, 0.2) is 66.9 Å². The molecule has 0 radical (unpaired) electrons. The molecule has 7 heteroatoms. The van der Waals surface area contributed by atoms with Crippen LogP contribution >= 0.6 is 0 Å². The first-order valence-electron chi connectivity index (χ1n) is 11.3. The van der Waals surface area contributed by atoms with E-state index in [1.54, 1.807) is 29.0 Å². The van der Waals surface area contributed by atoms with Crippen LogP contribution in [0.4, 0.5) is 4.39 Å². The van der Waals surface area contributed by atoms with Crippen LogP contribution in [0.5, 0.6) is 0 Å². The molecule has 3 aromatic rings. The topological polar surface area (TPSA) is 56.6 Å². The molecule has 5 rings (SSSR count). The van der Waals surface area contributed by atoms with Crippen molar-refractivity contribution in [3.8, 4) is 16.9 Å². The molecular formula is C26H26FN3O3. The second-order valence-electron chi connectivity index (χ2n) is 8.26. The zero-order valence-corrected chi connectivity index (χ0v) is 18.3. The second kappa shape index (κ2) is 9.68. The van der Waals surface area contributed by atoms with Gasteiger partial charge in [0.15, 0.2) is 6.29 Å². The number of nitrogens with zero attached hydrogens (tertiary/aromatic N) is 3. The van der Waals surface area contributed by atoms with E-state index in [9.17, 15) is 9.18 Å². The summed E-state index contributed by atoms with van der Waals surface area (Å²) in [6.07, 6.45) is 7.81. The number of para-hydroxylation sites is 1. The smallest absolute Gasteiger partial charge is 0.247 e. The van der Waals surface area contributed by atoms with E-state index in [0.717, 1.165) is 36.1 Å². The van der Waals surface area contributed by atoms with Crippen molar-refractivity contribution in [2.75, 3.05) is 19.8 Å². The summed E-state index contributed by atoms with van der Waals surface area (Å²) in [4.78, 5) is 15.0. The fraction of sp³-hybridized carbons (Fsp3) is 0.308. The van der Waals surface area contributed by atoms with Crippen molar-refractivity contribution in [1.29, 1.82) is 0 Å². The number of carbonyl (C=O) groups is 1. The molecule has 2 fully saturated rings. The van der Waals surface area contributed by atoms with Crippen molar-refractivity contribution < 1.29 is 18.7 Å². The van der Waals surface area contributed by atoms with Crippen LogP contribution in [-0.2, 0) is 14.3 Å². The first-order valence-corrected chi connectivity index (χ1v) is 11.3. The molecule has 2 aromatic carbocycles. The maximum absolute atomic E-state index is 13.5. The largest absolute Gasteiger partial charge is 0.348 e. The average molecular weight is 448 g/mol. The Bertz CT molecular complexity index is 1120. The number of ether oxygens (including phenoxy) is 2. The van der Waals surface area contributed by atoms with Gasteiger partial charge >= 0.3 is 0 Å². The number of hydrogen-bond acceptors (Lipinski definition) is 4. The van der Waals surface area contributed by atoms with Crippen molar-refractivity contribution in [2.45, 2.75) is 31.6 Å². The van der Waals surface area contributed by atoms with Gasteiger partial charge in [0.05, 0.1) is 30.6 Å². The summed E-state index contributed by atoms with van der Waals surface area (Å²) in [6.45, 7) is 1.82. The van der Waals surface area contributed by atoms with Gasteiger partial charge in [-0.2, -0.15) is 5.10 Å². The minimum Gasteiger partial charge on any atom is -0.348 e. The fourth-order valence-corrected chi connectivity index (χ4v) is 4.42. The van der Waals surface area contributed by atoms with Crippen LogP contribution < -0.4 is 0 Å². The molecule has 0 aliphatic carbocycles. The number of halogens is 1. The van der Waals surface area contributed by atoms with Crippen LogP contribution in [0.25, 0.3) is 23.0 Å². The Morgan fingerprint density at radius 1 is 1.03 bits per heavy atom. The molecule has 6 nitrogen and oxygen atoms in total. The van der Waals surface area contributed by atoms with Gasteiger partial charge < -0.3 is 14.4 Å². The number of hydrogen-bond donors (Lipinski definition) is 0. The zero-order valence-electron chi connectivity index (χ0n) is 18.3. The SMILES string of the molecule is O=C(/C=C/c1cn(-c2ccccc2)nc1-c1ccc(F)cc1)N1CCCCC1C1OCCO1. The van der Waals surface area contributed by atoms with Gasteiger partial charge in [0.1, 0.15) is 5.82 Å². The number of benzene rings is 2. The van der Waals surface area contributed by atoms with E-state index in [-0.39, 0.29) is 24.1 Å². The number of aromatic nitrogens is 2. The van der Waals surface area contributed by atoms with Crippen molar-refractivity contribution in [3.63, 3.8) is 0 Å². The highest BCUT2D eigenvalue weighted by Crippen LogP contribution is 2.27. The zero-order chi connectivity index (χ0) is 22.6. The molecule has 3 heterocycles. The summed E-state index contributed by atoms with van der Waals surface area (Å²) in [5.74, 6) is -0.377. The molecule has 2 aliphatic heterocycles. The molecule has 2 saturated heterocycles. The van der Waals surface area contributed by atoms with Crippen molar-refractivity contribution in [1.82, 2.24) is 14.7 Å². The summed E-state index contributed by atoms with van der Waals surface area (Å²) in [5, 5.41) is 4.73. The van der Waals surface area contributed by atoms with Crippen LogP contribution in [0.2, 0.25) is 0 Å². The molecule has 1 unspecified atom stereocenters. The highest BCUT2D eigenvalue weighted by molar-refractivity contribution is 5.93. The van der Waals surface area contributed by atoms with E-state index in [1.807, 2.05) is 41.4 Å². The third-order valence-electron chi connectivity index (χ3n) is 6.08. The Balaban J connectivity index is 1.44. The Kier molecular flexibility index (Phi) is 6.32.